The van der Waals surface area contributed by atoms with E-state index in [1.807, 2.05) is 43.3 Å². The highest BCUT2D eigenvalue weighted by Crippen LogP contribution is 2.41. The van der Waals surface area contributed by atoms with E-state index < -0.39 is 0 Å². The predicted octanol–water partition coefficient (Wildman–Crippen LogP) is 3.04. The number of amides is 1. The lowest BCUT2D eigenvalue weighted by molar-refractivity contribution is 0.0949. The molecule has 0 radical (unpaired) electrons. The number of hydrogen-bond acceptors (Lipinski definition) is 6. The molecule has 0 bridgehead atoms. The fraction of sp³-hybridized carbons (Fsp3) is 0.250. The zero-order chi connectivity index (χ0) is 19.4. The third kappa shape index (κ3) is 3.36. The zero-order valence-corrected chi connectivity index (χ0v) is 15.6. The Morgan fingerprint density at radius 3 is 2.37 bits per heavy atom. The molecule has 2 aromatic carbocycles. The maximum absolute atomic E-state index is 12.3. The number of ether oxygens (including phenoxy) is 2. The summed E-state index contributed by atoms with van der Waals surface area (Å²) >= 11 is 0. The van der Waals surface area contributed by atoms with Gasteiger partial charge in [-0.05, 0) is 18.6 Å². The number of anilines is 1. The minimum absolute atomic E-state index is 0.125. The second-order valence-corrected chi connectivity index (χ2v) is 5.96. The lowest BCUT2D eigenvalue weighted by Gasteiger charge is -2.15. The molecule has 0 aliphatic carbocycles. The molecule has 140 valence electrons. The number of carbonyl (C=O) groups is 1. The number of hydrogen-bond donors (Lipinski definition) is 2. The van der Waals surface area contributed by atoms with Crippen molar-refractivity contribution in [2.45, 2.75) is 13.3 Å². The van der Waals surface area contributed by atoms with E-state index in [9.17, 15) is 4.79 Å². The van der Waals surface area contributed by atoms with Crippen LogP contribution >= 0.6 is 0 Å². The third-order valence-electron chi connectivity index (χ3n) is 4.28. The molecular formula is C20H22N4O3. The smallest absolute Gasteiger partial charge is 0.273 e. The maximum atomic E-state index is 12.3. The van der Waals surface area contributed by atoms with Crippen LogP contribution in [0.5, 0.6) is 11.5 Å². The van der Waals surface area contributed by atoms with Gasteiger partial charge in [0.15, 0.2) is 5.69 Å². The Kier molecular flexibility index (Phi) is 5.40. The van der Waals surface area contributed by atoms with Crippen LogP contribution in [-0.2, 0) is 0 Å². The molecule has 0 unspecified atom stereocenters. The highest BCUT2D eigenvalue weighted by atomic mass is 16.5. The molecular weight excluding hydrogens is 344 g/mol. The van der Waals surface area contributed by atoms with Gasteiger partial charge in [-0.25, -0.2) is 0 Å². The number of nitrogen functional groups attached to an aromatic ring is 1. The summed E-state index contributed by atoms with van der Waals surface area (Å²) in [4.78, 5) is 12.3. The average molecular weight is 366 g/mol. The van der Waals surface area contributed by atoms with Gasteiger partial charge in [0.2, 0.25) is 0 Å². The number of nitrogens with two attached hydrogens (primary N) is 1. The minimum atomic E-state index is -0.330. The Bertz CT molecular complexity index is 966. The van der Waals surface area contributed by atoms with E-state index in [2.05, 4.69) is 15.5 Å². The predicted molar refractivity (Wildman–Crippen MR) is 105 cm³/mol. The van der Waals surface area contributed by atoms with Crippen LogP contribution in [0.25, 0.3) is 22.0 Å². The highest BCUT2D eigenvalue weighted by Gasteiger charge is 2.20. The van der Waals surface area contributed by atoms with E-state index in [1.54, 1.807) is 14.2 Å². The van der Waals surface area contributed by atoms with E-state index in [1.165, 1.54) is 0 Å². The van der Waals surface area contributed by atoms with Crippen LogP contribution in [0.4, 0.5) is 5.69 Å². The van der Waals surface area contributed by atoms with Crippen molar-refractivity contribution in [3.63, 3.8) is 0 Å². The topological polar surface area (TPSA) is 99.4 Å². The molecule has 0 saturated heterocycles. The monoisotopic (exact) mass is 366 g/mol. The lowest BCUT2D eigenvalue weighted by atomic mass is 9.99. The number of carbonyl (C=O) groups excluding carboxylic acids is 1. The van der Waals surface area contributed by atoms with Crippen molar-refractivity contribution >= 4 is 22.5 Å². The van der Waals surface area contributed by atoms with Crippen molar-refractivity contribution in [2.24, 2.45) is 0 Å². The van der Waals surface area contributed by atoms with Gasteiger partial charge in [-0.3, -0.25) is 4.79 Å². The molecule has 1 heterocycles. The molecule has 1 aromatic heterocycles. The molecule has 0 saturated carbocycles. The molecule has 3 rings (SSSR count). The molecule has 3 aromatic rings. The summed E-state index contributed by atoms with van der Waals surface area (Å²) in [5.74, 6) is 0.961. The third-order valence-corrected chi connectivity index (χ3v) is 4.28. The maximum Gasteiger partial charge on any atom is 0.273 e. The Labute approximate surface area is 157 Å². The Hall–Kier alpha value is -3.35. The number of aromatic nitrogens is 2. The van der Waals surface area contributed by atoms with Crippen LogP contribution in [0.2, 0.25) is 0 Å². The first-order chi connectivity index (χ1) is 13.1. The number of benzene rings is 2. The molecule has 0 atom stereocenters. The first-order valence-electron chi connectivity index (χ1n) is 8.66. The fourth-order valence-electron chi connectivity index (χ4n) is 2.96. The van der Waals surface area contributed by atoms with Gasteiger partial charge in [-0.1, -0.05) is 31.2 Å². The first kappa shape index (κ1) is 18.4. The van der Waals surface area contributed by atoms with E-state index in [0.717, 1.165) is 17.5 Å². The number of nitrogens with one attached hydrogen (secondary N) is 1. The van der Waals surface area contributed by atoms with Crippen molar-refractivity contribution in [2.75, 3.05) is 26.5 Å². The van der Waals surface area contributed by atoms with Crippen LogP contribution in [0, 0.1) is 0 Å². The van der Waals surface area contributed by atoms with Crippen LogP contribution in [0.15, 0.2) is 36.4 Å². The molecule has 0 fully saturated rings. The van der Waals surface area contributed by atoms with Gasteiger partial charge in [0.1, 0.15) is 17.0 Å². The van der Waals surface area contributed by atoms with Gasteiger partial charge in [0.05, 0.1) is 25.5 Å². The molecule has 0 aliphatic rings. The summed E-state index contributed by atoms with van der Waals surface area (Å²) in [6, 6.07) is 11.1. The normalized spacial score (nSPS) is 10.6. The molecule has 7 heteroatoms. The largest absolute Gasteiger partial charge is 0.496 e. The van der Waals surface area contributed by atoms with Gasteiger partial charge in [0, 0.05) is 17.5 Å². The van der Waals surface area contributed by atoms with Crippen molar-refractivity contribution < 1.29 is 14.3 Å². The standard InChI is InChI=1S/C20H22N4O3/c1-4-11-22-20(25)19-17(21)13-8-5-7-12(18(13)23-24-19)16-14(26-2)9-6-10-15(16)27-3/h5-10H,4,11H2,1-3H3,(H2,21,23)(H,22,25). The summed E-state index contributed by atoms with van der Waals surface area (Å²) in [7, 11) is 3.19. The van der Waals surface area contributed by atoms with Crippen LogP contribution in [0.1, 0.15) is 23.8 Å². The molecule has 27 heavy (non-hydrogen) atoms. The molecule has 7 nitrogen and oxygen atoms in total. The molecule has 3 N–H and O–H groups in total. The van der Waals surface area contributed by atoms with Crippen molar-refractivity contribution in [3.05, 3.63) is 42.1 Å². The number of nitrogens with zero attached hydrogens (tertiary/aromatic N) is 2. The van der Waals surface area contributed by atoms with Crippen LogP contribution in [0.3, 0.4) is 0 Å². The second-order valence-electron chi connectivity index (χ2n) is 5.96. The van der Waals surface area contributed by atoms with E-state index in [-0.39, 0.29) is 11.6 Å². The summed E-state index contributed by atoms with van der Waals surface area (Å²) in [5, 5.41) is 11.8. The Morgan fingerprint density at radius 2 is 1.74 bits per heavy atom. The second kappa shape index (κ2) is 7.90. The van der Waals surface area contributed by atoms with Gasteiger partial charge in [-0.15, -0.1) is 10.2 Å². The van der Waals surface area contributed by atoms with Crippen molar-refractivity contribution in [1.29, 1.82) is 0 Å². The summed E-state index contributed by atoms with van der Waals surface area (Å²) in [6.45, 7) is 2.53. The molecule has 0 aliphatic heterocycles. The van der Waals surface area contributed by atoms with E-state index in [4.69, 9.17) is 15.2 Å². The quantitative estimate of drug-likeness (QED) is 0.696. The SMILES string of the molecule is CCCNC(=O)c1nnc2c(-c3c(OC)cccc3OC)cccc2c1N. The lowest BCUT2D eigenvalue weighted by Crippen LogP contribution is -2.26. The minimum Gasteiger partial charge on any atom is -0.496 e. The van der Waals surface area contributed by atoms with Crippen molar-refractivity contribution in [3.8, 4) is 22.6 Å². The summed E-state index contributed by atoms with van der Waals surface area (Å²) < 4.78 is 11.0. The van der Waals surface area contributed by atoms with Crippen LogP contribution < -0.4 is 20.5 Å². The number of methoxy groups -OCH3 is 2. The molecule has 1 amide bonds. The Balaban J connectivity index is 2.21. The van der Waals surface area contributed by atoms with E-state index in [0.29, 0.717) is 34.6 Å². The van der Waals surface area contributed by atoms with Crippen LogP contribution in [-0.4, -0.2) is 36.9 Å². The van der Waals surface area contributed by atoms with Gasteiger partial charge in [0.25, 0.3) is 5.91 Å². The highest BCUT2D eigenvalue weighted by molar-refractivity contribution is 6.08. The summed E-state index contributed by atoms with van der Waals surface area (Å²) in [6.07, 6.45) is 0.824. The Morgan fingerprint density at radius 1 is 1.07 bits per heavy atom. The number of fused-ring (bicyclic) bond motifs is 1. The fourth-order valence-corrected chi connectivity index (χ4v) is 2.96. The first-order valence-corrected chi connectivity index (χ1v) is 8.66. The average Bonchev–Trinajstić information content (AvgIpc) is 2.71. The van der Waals surface area contributed by atoms with Gasteiger partial charge >= 0.3 is 0 Å². The molecule has 0 spiro atoms. The van der Waals surface area contributed by atoms with Gasteiger partial charge in [-0.2, -0.15) is 0 Å². The van der Waals surface area contributed by atoms with Crippen molar-refractivity contribution in [1.82, 2.24) is 15.5 Å². The van der Waals surface area contributed by atoms with Gasteiger partial charge < -0.3 is 20.5 Å². The zero-order valence-electron chi connectivity index (χ0n) is 15.6. The summed E-state index contributed by atoms with van der Waals surface area (Å²) in [5.41, 5.74) is 8.77. The van der Waals surface area contributed by atoms with E-state index >= 15 is 0 Å². The number of rotatable bonds is 6.